The lowest BCUT2D eigenvalue weighted by atomic mass is 9.78. The van der Waals surface area contributed by atoms with Crippen LogP contribution in [0, 0.1) is 6.92 Å². The summed E-state index contributed by atoms with van der Waals surface area (Å²) < 4.78 is 22.2. The highest BCUT2D eigenvalue weighted by molar-refractivity contribution is 6.62. The van der Waals surface area contributed by atoms with Crippen LogP contribution in [0.2, 0.25) is 0 Å². The van der Waals surface area contributed by atoms with E-state index >= 15 is 0 Å². The van der Waals surface area contributed by atoms with E-state index in [-0.39, 0.29) is 5.90 Å². The van der Waals surface area contributed by atoms with Crippen molar-refractivity contribution in [3.8, 4) is 5.75 Å². The molecule has 1 aromatic carbocycles. The topological polar surface area (TPSA) is 86.6 Å². The van der Waals surface area contributed by atoms with Crippen LogP contribution in [0.5, 0.6) is 5.75 Å². The maximum atomic E-state index is 11.7. The highest BCUT2D eigenvalue weighted by Gasteiger charge is 2.51. The van der Waals surface area contributed by atoms with Crippen LogP contribution < -0.4 is 10.2 Å². The zero-order valence-corrected chi connectivity index (χ0v) is 15.5. The van der Waals surface area contributed by atoms with Gasteiger partial charge in [-0.3, -0.25) is 0 Å². The first-order chi connectivity index (χ1) is 11.6. The fraction of sp³-hybridized carbons (Fsp3) is 0.529. The Labute approximate surface area is 148 Å². The SMILES string of the molecule is COC(=O)C(=NCO)Oc1cc(B2OC(C)(C)C(C)(C)O2)ccc1C. The largest absolute Gasteiger partial charge is 0.494 e. The molecule has 0 radical (unpaired) electrons. The van der Waals surface area contributed by atoms with Crippen molar-refractivity contribution in [1.82, 2.24) is 0 Å². The Hall–Kier alpha value is -1.90. The van der Waals surface area contributed by atoms with Gasteiger partial charge in [-0.1, -0.05) is 12.1 Å². The number of nitrogens with zero attached hydrogens (tertiary/aromatic N) is 1. The van der Waals surface area contributed by atoms with Crippen LogP contribution in [0.15, 0.2) is 23.2 Å². The molecule has 1 N–H and O–H groups in total. The van der Waals surface area contributed by atoms with Crippen molar-refractivity contribution in [1.29, 1.82) is 0 Å². The zero-order chi connectivity index (χ0) is 18.8. The van der Waals surface area contributed by atoms with E-state index in [9.17, 15) is 4.79 Å². The monoisotopic (exact) mass is 349 g/mol. The summed E-state index contributed by atoms with van der Waals surface area (Å²) in [5.41, 5.74) is 0.625. The first-order valence-electron chi connectivity index (χ1n) is 7.99. The lowest BCUT2D eigenvalue weighted by molar-refractivity contribution is -0.133. The summed E-state index contributed by atoms with van der Waals surface area (Å²) in [5, 5.41) is 8.96. The van der Waals surface area contributed by atoms with Gasteiger partial charge in [-0.05, 0) is 51.7 Å². The second kappa shape index (κ2) is 7.15. The molecule has 136 valence electrons. The van der Waals surface area contributed by atoms with Crippen LogP contribution in [-0.4, -0.2) is 49.1 Å². The van der Waals surface area contributed by atoms with Gasteiger partial charge < -0.3 is 23.9 Å². The number of ether oxygens (including phenoxy) is 2. The van der Waals surface area contributed by atoms with E-state index in [1.54, 1.807) is 6.07 Å². The molecule has 2 rings (SSSR count). The number of methoxy groups -OCH3 is 1. The van der Waals surface area contributed by atoms with Gasteiger partial charge >= 0.3 is 19.0 Å². The predicted molar refractivity (Wildman–Crippen MR) is 94.1 cm³/mol. The van der Waals surface area contributed by atoms with Crippen molar-refractivity contribution in [3.05, 3.63) is 23.8 Å². The van der Waals surface area contributed by atoms with Gasteiger partial charge in [-0.25, -0.2) is 9.79 Å². The van der Waals surface area contributed by atoms with Gasteiger partial charge in [-0.15, -0.1) is 0 Å². The summed E-state index contributed by atoms with van der Waals surface area (Å²) >= 11 is 0. The summed E-state index contributed by atoms with van der Waals surface area (Å²) in [5.74, 6) is -0.682. The van der Waals surface area contributed by atoms with Crippen LogP contribution in [0.1, 0.15) is 33.3 Å². The number of aliphatic hydroxyl groups excluding tert-OH is 1. The molecular formula is C17H24BNO6. The molecule has 1 fully saturated rings. The maximum absolute atomic E-state index is 11.7. The van der Waals surface area contributed by atoms with Crippen LogP contribution >= 0.6 is 0 Å². The third-order valence-electron chi connectivity index (χ3n) is 4.52. The smallest absolute Gasteiger partial charge is 0.462 e. The van der Waals surface area contributed by atoms with Crippen LogP contribution in [0.4, 0.5) is 0 Å². The number of esters is 1. The van der Waals surface area contributed by atoms with Crippen molar-refractivity contribution in [2.24, 2.45) is 4.99 Å². The minimum absolute atomic E-state index is 0.320. The Morgan fingerprint density at radius 1 is 1.24 bits per heavy atom. The van der Waals surface area contributed by atoms with Gasteiger partial charge in [0, 0.05) is 0 Å². The molecule has 25 heavy (non-hydrogen) atoms. The van der Waals surface area contributed by atoms with Gasteiger partial charge in [0.1, 0.15) is 12.5 Å². The molecule has 7 nitrogen and oxygen atoms in total. The Balaban J connectivity index is 2.30. The van der Waals surface area contributed by atoms with Crippen molar-refractivity contribution in [2.75, 3.05) is 13.8 Å². The Kier molecular flexibility index (Phi) is 5.56. The van der Waals surface area contributed by atoms with Gasteiger partial charge in [-0.2, -0.15) is 0 Å². The van der Waals surface area contributed by atoms with Crippen LogP contribution in [-0.2, 0) is 18.8 Å². The molecule has 0 spiro atoms. The number of aliphatic hydroxyl groups is 1. The van der Waals surface area contributed by atoms with Gasteiger partial charge in [0.25, 0.3) is 0 Å². The van der Waals surface area contributed by atoms with E-state index in [4.69, 9.17) is 19.2 Å². The number of carbonyl (C=O) groups is 1. The average Bonchev–Trinajstić information content (AvgIpc) is 2.76. The molecule has 0 unspecified atom stereocenters. The van der Waals surface area contributed by atoms with Crippen molar-refractivity contribution in [2.45, 2.75) is 45.8 Å². The third-order valence-corrected chi connectivity index (χ3v) is 4.52. The molecule has 0 bridgehead atoms. The molecule has 1 aliphatic rings. The van der Waals surface area contributed by atoms with Gasteiger partial charge in [0.15, 0.2) is 0 Å². The van der Waals surface area contributed by atoms with Gasteiger partial charge in [0.2, 0.25) is 0 Å². The lowest BCUT2D eigenvalue weighted by Gasteiger charge is -2.32. The minimum atomic E-state index is -0.769. The molecule has 0 aromatic heterocycles. The highest BCUT2D eigenvalue weighted by atomic mass is 16.7. The number of aliphatic imine (C=N–C) groups is 1. The Morgan fingerprint density at radius 3 is 2.36 bits per heavy atom. The number of rotatable bonds is 3. The third kappa shape index (κ3) is 4.03. The van der Waals surface area contributed by atoms with E-state index in [1.165, 1.54) is 7.11 Å². The second-order valence-electron chi connectivity index (χ2n) is 6.81. The number of aryl methyl sites for hydroxylation is 1. The quantitative estimate of drug-likeness (QED) is 0.382. The lowest BCUT2D eigenvalue weighted by Crippen LogP contribution is -2.41. The second-order valence-corrected chi connectivity index (χ2v) is 6.81. The number of hydrogen-bond donors (Lipinski definition) is 1. The predicted octanol–water partition coefficient (Wildman–Crippen LogP) is 1.19. The van der Waals surface area contributed by atoms with E-state index in [2.05, 4.69) is 9.73 Å². The summed E-state index contributed by atoms with van der Waals surface area (Å²) in [6, 6.07) is 5.45. The van der Waals surface area contributed by atoms with E-state index in [1.807, 2.05) is 46.8 Å². The average molecular weight is 349 g/mol. The Morgan fingerprint density at radius 2 is 1.84 bits per heavy atom. The molecule has 1 heterocycles. The molecule has 0 aliphatic carbocycles. The summed E-state index contributed by atoms with van der Waals surface area (Å²) in [4.78, 5) is 15.3. The normalized spacial score (nSPS) is 19.0. The summed E-state index contributed by atoms with van der Waals surface area (Å²) in [6.07, 6.45) is 0. The zero-order valence-electron chi connectivity index (χ0n) is 15.5. The minimum Gasteiger partial charge on any atom is -0.462 e. The summed E-state index contributed by atoms with van der Waals surface area (Å²) in [6.45, 7) is 9.14. The highest BCUT2D eigenvalue weighted by Crippen LogP contribution is 2.36. The standard InChI is InChI=1S/C17H24BNO6/c1-11-7-8-12(18-24-16(2,3)17(4,5)25-18)9-13(11)23-14(19-10-20)15(21)22-6/h7-9,20H,10H2,1-6H3. The molecule has 0 saturated carbocycles. The molecule has 8 heteroatoms. The van der Waals surface area contributed by atoms with Crippen molar-refractivity contribution < 1.29 is 28.7 Å². The van der Waals surface area contributed by atoms with Crippen molar-refractivity contribution in [3.63, 3.8) is 0 Å². The molecule has 1 saturated heterocycles. The number of carbonyl (C=O) groups excluding carboxylic acids is 1. The van der Waals surface area contributed by atoms with Gasteiger partial charge in [0.05, 0.1) is 18.3 Å². The van der Waals surface area contributed by atoms with E-state index in [0.717, 1.165) is 11.0 Å². The Bertz CT molecular complexity index is 670. The van der Waals surface area contributed by atoms with Crippen LogP contribution in [0.3, 0.4) is 0 Å². The van der Waals surface area contributed by atoms with E-state index in [0.29, 0.717) is 5.75 Å². The molecular weight excluding hydrogens is 325 g/mol. The summed E-state index contributed by atoms with van der Waals surface area (Å²) in [7, 11) is 0.663. The van der Waals surface area contributed by atoms with Crippen LogP contribution in [0.25, 0.3) is 0 Å². The fourth-order valence-corrected chi connectivity index (χ4v) is 2.25. The number of benzene rings is 1. The number of hydrogen-bond acceptors (Lipinski definition) is 7. The van der Waals surface area contributed by atoms with E-state index < -0.39 is 31.0 Å². The first kappa shape index (κ1) is 19.4. The molecule has 1 aliphatic heterocycles. The molecule has 0 atom stereocenters. The molecule has 0 amide bonds. The first-order valence-corrected chi connectivity index (χ1v) is 7.99. The maximum Gasteiger partial charge on any atom is 0.494 e. The fourth-order valence-electron chi connectivity index (χ4n) is 2.25. The van der Waals surface area contributed by atoms with Crippen molar-refractivity contribution >= 4 is 24.4 Å². The molecule has 1 aromatic rings.